The third-order valence-corrected chi connectivity index (χ3v) is 6.89. The first-order chi connectivity index (χ1) is 19.0. The van der Waals surface area contributed by atoms with Gasteiger partial charge in [0.1, 0.15) is 17.7 Å². The number of anilines is 3. The molecule has 1 atom stereocenters. The SMILES string of the molecule is CNc1cc(-c2c(-c3ccc(C#N)c(F)c3)nc3c(N4CC[C@@H](N)C4)nccn23)c(F)cc1N(N)CC(C)(C)O. The normalized spacial score (nSPS) is 15.5. The van der Waals surface area contributed by atoms with Crippen molar-refractivity contribution in [1.82, 2.24) is 14.4 Å². The van der Waals surface area contributed by atoms with Crippen LogP contribution in [0.1, 0.15) is 25.8 Å². The van der Waals surface area contributed by atoms with Gasteiger partial charge in [-0.15, -0.1) is 0 Å². The van der Waals surface area contributed by atoms with Crippen LogP contribution in [0.15, 0.2) is 42.7 Å². The minimum Gasteiger partial charge on any atom is -0.389 e. The van der Waals surface area contributed by atoms with Crippen molar-refractivity contribution in [3.05, 3.63) is 59.9 Å². The summed E-state index contributed by atoms with van der Waals surface area (Å²) in [5.41, 5.74) is 7.48. The van der Waals surface area contributed by atoms with E-state index in [1.54, 1.807) is 49.8 Å². The molecule has 0 saturated carbocycles. The monoisotopic (exact) mass is 547 g/mol. The molecule has 40 heavy (non-hydrogen) atoms. The highest BCUT2D eigenvalue weighted by molar-refractivity contribution is 5.88. The lowest BCUT2D eigenvalue weighted by atomic mass is 10.0. The number of nitrogens with zero attached hydrogens (tertiary/aromatic N) is 6. The van der Waals surface area contributed by atoms with Crippen LogP contribution in [0.25, 0.3) is 28.2 Å². The zero-order chi connectivity index (χ0) is 28.8. The number of aromatic nitrogens is 3. The minimum atomic E-state index is -1.12. The number of halogens is 2. The van der Waals surface area contributed by atoms with Gasteiger partial charge >= 0.3 is 0 Å². The van der Waals surface area contributed by atoms with Crippen LogP contribution in [-0.2, 0) is 0 Å². The maximum atomic E-state index is 16.0. The Labute approximate surface area is 230 Å². The Balaban J connectivity index is 1.76. The highest BCUT2D eigenvalue weighted by Gasteiger charge is 2.28. The summed E-state index contributed by atoms with van der Waals surface area (Å²) in [5, 5.41) is 23.8. The summed E-state index contributed by atoms with van der Waals surface area (Å²) in [6.45, 7) is 4.56. The number of benzene rings is 2. The predicted molar refractivity (Wildman–Crippen MR) is 151 cm³/mol. The van der Waals surface area contributed by atoms with E-state index < -0.39 is 17.2 Å². The van der Waals surface area contributed by atoms with Crippen molar-refractivity contribution in [1.29, 1.82) is 5.26 Å². The fourth-order valence-electron chi connectivity index (χ4n) is 5.06. The number of fused-ring (bicyclic) bond motifs is 1. The van der Waals surface area contributed by atoms with Gasteiger partial charge in [0.05, 0.1) is 40.5 Å². The van der Waals surface area contributed by atoms with Gasteiger partial charge in [0.25, 0.3) is 0 Å². The van der Waals surface area contributed by atoms with Crippen molar-refractivity contribution in [2.45, 2.75) is 31.9 Å². The van der Waals surface area contributed by atoms with E-state index in [9.17, 15) is 14.8 Å². The Morgan fingerprint density at radius 2 is 2.02 bits per heavy atom. The van der Waals surface area contributed by atoms with Gasteiger partial charge in [-0.1, -0.05) is 6.07 Å². The number of nitrogens with two attached hydrogens (primary N) is 2. The average Bonchev–Trinajstić information content (AvgIpc) is 3.51. The average molecular weight is 548 g/mol. The molecule has 5 rings (SSSR count). The summed E-state index contributed by atoms with van der Waals surface area (Å²) in [6, 6.07) is 8.89. The van der Waals surface area contributed by atoms with E-state index in [1.165, 1.54) is 23.2 Å². The molecule has 0 spiro atoms. The minimum absolute atomic E-state index is 0.00476. The number of imidazole rings is 1. The molecule has 1 aliphatic heterocycles. The number of hydrazine groups is 1. The predicted octanol–water partition coefficient (Wildman–Crippen LogP) is 3.24. The molecule has 208 valence electrons. The highest BCUT2D eigenvalue weighted by Crippen LogP contribution is 2.40. The number of nitrogens with one attached hydrogen (secondary N) is 1. The molecule has 0 bridgehead atoms. The summed E-state index contributed by atoms with van der Waals surface area (Å²) < 4.78 is 32.5. The molecule has 1 saturated heterocycles. The molecule has 0 aliphatic carbocycles. The first-order valence-corrected chi connectivity index (χ1v) is 12.8. The van der Waals surface area contributed by atoms with E-state index in [0.717, 1.165) is 6.42 Å². The Morgan fingerprint density at radius 1 is 1.25 bits per heavy atom. The lowest BCUT2D eigenvalue weighted by molar-refractivity contribution is 0.0874. The molecule has 4 aromatic rings. The van der Waals surface area contributed by atoms with E-state index in [0.29, 0.717) is 52.9 Å². The van der Waals surface area contributed by atoms with Crippen molar-refractivity contribution in [2.24, 2.45) is 11.6 Å². The largest absolute Gasteiger partial charge is 0.389 e. The zero-order valence-electron chi connectivity index (χ0n) is 22.5. The molecule has 6 N–H and O–H groups in total. The van der Waals surface area contributed by atoms with E-state index >= 15 is 4.39 Å². The molecule has 2 aromatic carbocycles. The van der Waals surface area contributed by atoms with E-state index in [-0.39, 0.29) is 23.7 Å². The third kappa shape index (κ3) is 5.02. The van der Waals surface area contributed by atoms with Crippen LogP contribution < -0.4 is 26.8 Å². The van der Waals surface area contributed by atoms with Crippen molar-refractivity contribution in [3.8, 4) is 28.6 Å². The molecule has 3 heterocycles. The van der Waals surface area contributed by atoms with Gasteiger partial charge in [-0.05, 0) is 38.5 Å². The van der Waals surface area contributed by atoms with Crippen molar-refractivity contribution >= 4 is 22.8 Å². The van der Waals surface area contributed by atoms with Crippen LogP contribution in [0.5, 0.6) is 0 Å². The number of aliphatic hydroxyl groups is 1. The Kier molecular flexibility index (Phi) is 7.05. The van der Waals surface area contributed by atoms with Crippen LogP contribution in [0.3, 0.4) is 0 Å². The van der Waals surface area contributed by atoms with Gasteiger partial charge < -0.3 is 26.1 Å². The smallest absolute Gasteiger partial charge is 0.181 e. The molecule has 0 unspecified atom stereocenters. The van der Waals surface area contributed by atoms with E-state index in [1.807, 2.05) is 11.0 Å². The second-order valence-corrected chi connectivity index (χ2v) is 10.6. The highest BCUT2D eigenvalue weighted by atomic mass is 19.1. The van der Waals surface area contributed by atoms with Gasteiger partial charge in [0.2, 0.25) is 0 Å². The molecule has 10 nitrogen and oxygen atoms in total. The molecule has 0 radical (unpaired) electrons. The second-order valence-electron chi connectivity index (χ2n) is 10.6. The van der Waals surface area contributed by atoms with Crippen LogP contribution in [0.4, 0.5) is 26.0 Å². The van der Waals surface area contributed by atoms with Gasteiger partial charge in [-0.25, -0.2) is 24.6 Å². The summed E-state index contributed by atoms with van der Waals surface area (Å²) >= 11 is 0. The number of rotatable bonds is 7. The molecule has 1 fully saturated rings. The first kappa shape index (κ1) is 27.3. The Morgan fingerprint density at radius 3 is 2.65 bits per heavy atom. The lowest BCUT2D eigenvalue weighted by Crippen LogP contribution is -2.43. The summed E-state index contributed by atoms with van der Waals surface area (Å²) in [7, 11) is 1.68. The quantitative estimate of drug-likeness (QED) is 0.202. The van der Waals surface area contributed by atoms with Crippen LogP contribution in [0.2, 0.25) is 0 Å². The lowest BCUT2D eigenvalue weighted by Gasteiger charge is -2.28. The molecule has 1 aliphatic rings. The van der Waals surface area contributed by atoms with Crippen molar-refractivity contribution < 1.29 is 13.9 Å². The molecule has 12 heteroatoms. The summed E-state index contributed by atoms with van der Waals surface area (Å²) in [5.74, 6) is 5.49. The van der Waals surface area contributed by atoms with Crippen LogP contribution in [-0.4, -0.2) is 57.8 Å². The summed E-state index contributed by atoms with van der Waals surface area (Å²) in [6.07, 6.45) is 4.08. The molecular weight excluding hydrogens is 516 g/mol. The van der Waals surface area contributed by atoms with E-state index in [4.69, 9.17) is 16.6 Å². The molecule has 2 aromatic heterocycles. The number of nitriles is 1. The maximum Gasteiger partial charge on any atom is 0.181 e. The van der Waals surface area contributed by atoms with E-state index in [2.05, 4.69) is 10.3 Å². The number of hydrogen-bond donors (Lipinski definition) is 4. The van der Waals surface area contributed by atoms with Crippen molar-refractivity contribution in [3.63, 3.8) is 0 Å². The standard InChI is InChI=1S/C28H31F2N9O/c1-28(2,40)15-39(33)23-12-21(30)19(11-22(23)34-3)25-24(16-4-5-17(13-31)20(29)10-16)36-27-26(35-7-9-38(25)27)37-8-6-18(32)14-37/h4-5,7,9-12,18,34,40H,6,8,14-15,32-33H2,1-3H3/t18-/m1/s1. The Bertz CT molecular complexity index is 1620. The topological polar surface area (TPSA) is 145 Å². The van der Waals surface area contributed by atoms with Gasteiger partial charge in [-0.3, -0.25) is 4.40 Å². The molecular formula is C28H31F2N9O. The van der Waals surface area contributed by atoms with Gasteiger partial charge in [0, 0.05) is 55.8 Å². The maximum absolute atomic E-state index is 16.0. The fraction of sp³-hybridized carbons (Fsp3) is 0.321. The van der Waals surface area contributed by atoms with Crippen molar-refractivity contribution in [2.75, 3.05) is 41.9 Å². The summed E-state index contributed by atoms with van der Waals surface area (Å²) in [4.78, 5) is 11.4. The third-order valence-electron chi connectivity index (χ3n) is 6.89. The Hall–Kier alpha value is -4.31. The molecule has 0 amide bonds. The fourth-order valence-corrected chi connectivity index (χ4v) is 5.06. The van der Waals surface area contributed by atoms with Crippen LogP contribution >= 0.6 is 0 Å². The first-order valence-electron chi connectivity index (χ1n) is 12.8. The van der Waals surface area contributed by atoms with Gasteiger partial charge in [0.15, 0.2) is 11.5 Å². The number of hydrogen-bond acceptors (Lipinski definition) is 9. The zero-order valence-corrected chi connectivity index (χ0v) is 22.5. The van der Waals surface area contributed by atoms with Crippen LogP contribution in [0, 0.1) is 23.0 Å². The second kappa shape index (κ2) is 10.3. The van der Waals surface area contributed by atoms with Gasteiger partial charge in [-0.2, -0.15) is 5.26 Å².